The fourth-order valence-corrected chi connectivity index (χ4v) is 5.26. The van der Waals surface area contributed by atoms with E-state index in [9.17, 15) is 0 Å². The molecule has 38 heavy (non-hydrogen) atoms. The van der Waals surface area contributed by atoms with Gasteiger partial charge in [-0.2, -0.15) is 47.3 Å². The van der Waals surface area contributed by atoms with Crippen LogP contribution in [0.5, 0.6) is 0 Å². The molecule has 1 aliphatic rings. The number of benzene rings is 5. The van der Waals surface area contributed by atoms with Gasteiger partial charge >= 0.3 is 99.2 Å². The SMILES string of the molecule is [Cl-].[Cl-].[Zr+2]=[C](c1ccccc1)c1ccccc1.[c-]1cccc2c1Cc1ccccc1-2.c1ccc2[cH-]ccc2c1. The summed E-state index contributed by atoms with van der Waals surface area (Å²) in [7, 11) is 0. The van der Waals surface area contributed by atoms with Crippen LogP contribution in [0.2, 0.25) is 0 Å². The maximum absolute atomic E-state index is 3.30. The third-order valence-corrected chi connectivity index (χ3v) is 7.71. The van der Waals surface area contributed by atoms with Crippen molar-refractivity contribution >= 4 is 14.0 Å². The van der Waals surface area contributed by atoms with E-state index >= 15 is 0 Å². The van der Waals surface area contributed by atoms with Gasteiger partial charge in [0.2, 0.25) is 0 Å². The predicted octanol–water partition coefficient (Wildman–Crippen LogP) is 2.43. The van der Waals surface area contributed by atoms with Crippen LogP contribution in [0.25, 0.3) is 21.9 Å². The van der Waals surface area contributed by atoms with Gasteiger partial charge in [0.05, 0.1) is 0 Å². The second kappa shape index (κ2) is 14.8. The normalized spacial score (nSPS) is 10.3. The molecule has 0 fully saturated rings. The molecule has 0 spiro atoms. The second-order valence-electron chi connectivity index (χ2n) is 8.66. The first-order valence-electron chi connectivity index (χ1n) is 12.2. The minimum absolute atomic E-state index is 0. The van der Waals surface area contributed by atoms with Crippen molar-refractivity contribution in [1.82, 2.24) is 0 Å². The monoisotopic (exact) mass is 606 g/mol. The van der Waals surface area contributed by atoms with E-state index in [2.05, 4.69) is 146 Å². The summed E-state index contributed by atoms with van der Waals surface area (Å²) in [5.41, 5.74) is 8.17. The molecule has 7 rings (SSSR count). The van der Waals surface area contributed by atoms with Gasteiger partial charge in [-0.15, -0.1) is 35.2 Å². The van der Waals surface area contributed by atoms with Crippen LogP contribution in [0.4, 0.5) is 0 Å². The van der Waals surface area contributed by atoms with Crippen molar-refractivity contribution in [1.29, 1.82) is 0 Å². The topological polar surface area (TPSA) is 0 Å². The van der Waals surface area contributed by atoms with Crippen molar-refractivity contribution in [2.75, 3.05) is 0 Å². The summed E-state index contributed by atoms with van der Waals surface area (Å²) in [5, 5.41) is 2.66. The van der Waals surface area contributed by atoms with Crippen LogP contribution >= 0.6 is 0 Å². The summed E-state index contributed by atoms with van der Waals surface area (Å²) < 4.78 is 1.42. The van der Waals surface area contributed by atoms with E-state index in [-0.39, 0.29) is 24.8 Å². The average Bonchev–Trinajstić information content (AvgIpc) is 3.59. The van der Waals surface area contributed by atoms with Crippen molar-refractivity contribution < 1.29 is 49.0 Å². The van der Waals surface area contributed by atoms with Crippen LogP contribution in [0, 0.1) is 6.07 Å². The van der Waals surface area contributed by atoms with Crippen LogP contribution in [-0.4, -0.2) is 3.21 Å². The summed E-state index contributed by atoms with van der Waals surface area (Å²) in [5.74, 6) is 0. The molecule has 186 valence electrons. The zero-order valence-corrected chi connectivity index (χ0v) is 24.8. The van der Waals surface area contributed by atoms with E-state index < -0.39 is 0 Å². The molecule has 0 nitrogen and oxygen atoms in total. The molecular weight excluding hydrogens is 583 g/mol. The van der Waals surface area contributed by atoms with Crippen molar-refractivity contribution in [3.63, 3.8) is 0 Å². The molecule has 0 aromatic heterocycles. The Balaban J connectivity index is 0.000000157. The molecule has 0 N–H and O–H groups in total. The molecule has 0 radical (unpaired) electrons. The molecule has 0 bridgehead atoms. The first kappa shape index (κ1) is 29.6. The molecular formula is C35H26Cl2Zr-2. The third kappa shape index (κ3) is 7.33. The van der Waals surface area contributed by atoms with Gasteiger partial charge in [0.1, 0.15) is 0 Å². The van der Waals surface area contributed by atoms with Crippen molar-refractivity contribution in [3.8, 4) is 11.1 Å². The molecule has 6 aromatic rings. The van der Waals surface area contributed by atoms with Crippen molar-refractivity contribution in [2.24, 2.45) is 0 Å². The van der Waals surface area contributed by atoms with E-state index in [1.807, 2.05) is 6.07 Å². The van der Waals surface area contributed by atoms with Crippen LogP contribution in [0.1, 0.15) is 22.3 Å². The van der Waals surface area contributed by atoms with Gasteiger partial charge in [-0.1, -0.05) is 41.5 Å². The third-order valence-electron chi connectivity index (χ3n) is 6.29. The fourth-order valence-electron chi connectivity index (χ4n) is 4.44. The van der Waals surface area contributed by atoms with Gasteiger partial charge < -0.3 is 24.8 Å². The Morgan fingerprint density at radius 3 is 1.87 bits per heavy atom. The Bertz CT molecular complexity index is 1450. The minimum atomic E-state index is 0. The van der Waals surface area contributed by atoms with Gasteiger partial charge in [-0.25, -0.2) is 0 Å². The molecule has 0 unspecified atom stereocenters. The maximum atomic E-state index is 3.30. The number of rotatable bonds is 2. The number of hydrogen-bond donors (Lipinski definition) is 0. The fraction of sp³-hybridized carbons (Fsp3) is 0.0286. The Kier molecular flexibility index (Phi) is 11.6. The summed E-state index contributed by atoms with van der Waals surface area (Å²) in [6.45, 7) is 0. The zero-order chi connectivity index (χ0) is 24.6. The number of fused-ring (bicyclic) bond motifs is 4. The largest absolute Gasteiger partial charge is 0.179 e. The Morgan fingerprint density at radius 1 is 0.605 bits per heavy atom. The minimum Gasteiger partial charge on any atom is -0.179 e. The van der Waals surface area contributed by atoms with Crippen LogP contribution in [0.15, 0.2) is 146 Å². The van der Waals surface area contributed by atoms with Crippen molar-refractivity contribution in [3.05, 3.63) is 174 Å². The van der Waals surface area contributed by atoms with Crippen molar-refractivity contribution in [2.45, 2.75) is 6.42 Å². The van der Waals surface area contributed by atoms with E-state index in [4.69, 9.17) is 0 Å². The first-order chi connectivity index (χ1) is 17.8. The quantitative estimate of drug-likeness (QED) is 0.265. The predicted molar refractivity (Wildman–Crippen MR) is 149 cm³/mol. The van der Waals surface area contributed by atoms with Gasteiger partial charge in [-0.3, -0.25) is 0 Å². The van der Waals surface area contributed by atoms with E-state index in [0.29, 0.717) is 0 Å². The molecule has 0 saturated heterocycles. The average molecular weight is 609 g/mol. The molecule has 6 aromatic carbocycles. The molecule has 3 heteroatoms. The molecule has 0 atom stereocenters. The zero-order valence-electron chi connectivity index (χ0n) is 20.8. The summed E-state index contributed by atoms with van der Waals surface area (Å²) >= 11 is 1.46. The van der Waals surface area contributed by atoms with E-state index in [1.54, 1.807) is 0 Å². The number of halogens is 2. The smallest absolute Gasteiger partial charge is 0.0253 e. The maximum Gasteiger partial charge on any atom is -0.0253 e. The standard InChI is InChI=1S/C13H9.C13H10.C9H7.2ClH.Zr/c1-3-7-12-10(5-1)9-11-6-2-4-8-13(11)12;1-3-7-12(8-4-1)11-13-9-5-2-6-10-13;1-2-5-9-7-3-6-8(9)4-1;;;/h1-5,7-8H,9H2;1-10H;1-7H;2*1H;/q-1;;-1;;;+2/p-2. The van der Waals surface area contributed by atoms with Gasteiger partial charge in [0.15, 0.2) is 0 Å². The second-order valence-corrected chi connectivity index (χ2v) is 9.89. The van der Waals surface area contributed by atoms with Gasteiger partial charge in [0, 0.05) is 0 Å². The van der Waals surface area contributed by atoms with Crippen LogP contribution < -0.4 is 24.8 Å². The number of hydrogen-bond acceptors (Lipinski definition) is 0. The summed E-state index contributed by atoms with van der Waals surface area (Å²) in [4.78, 5) is 0. The van der Waals surface area contributed by atoms with E-state index in [1.165, 1.54) is 71.6 Å². The van der Waals surface area contributed by atoms with Gasteiger partial charge in [0.25, 0.3) is 0 Å². The molecule has 0 amide bonds. The Hall–Kier alpha value is -2.96. The molecule has 0 saturated carbocycles. The van der Waals surface area contributed by atoms with Gasteiger partial charge in [-0.05, 0) is 6.42 Å². The molecule has 1 aliphatic carbocycles. The van der Waals surface area contributed by atoms with Crippen LogP contribution in [-0.2, 0) is 30.7 Å². The summed E-state index contributed by atoms with van der Waals surface area (Å²) in [6.07, 6.45) is 1.05. The molecule has 0 aliphatic heterocycles. The Labute approximate surface area is 252 Å². The summed E-state index contributed by atoms with van der Waals surface area (Å²) in [6, 6.07) is 53.9. The molecule has 0 heterocycles. The first-order valence-corrected chi connectivity index (χ1v) is 13.4. The Morgan fingerprint density at radius 2 is 1.18 bits per heavy atom. The van der Waals surface area contributed by atoms with Crippen LogP contribution in [0.3, 0.4) is 0 Å². The van der Waals surface area contributed by atoms with E-state index in [0.717, 1.165) is 6.42 Å².